The number of fused-ring (bicyclic) bond motifs is 2. The quantitative estimate of drug-likeness (QED) is 0.767. The zero-order valence-electron chi connectivity index (χ0n) is 8.75. The second-order valence-electron chi connectivity index (χ2n) is 4.86. The molecule has 0 radical (unpaired) electrons. The zero-order chi connectivity index (χ0) is 10.3. The Morgan fingerprint density at radius 3 is 2.53 bits per heavy atom. The Morgan fingerprint density at radius 2 is 1.87 bits per heavy atom. The van der Waals surface area contributed by atoms with Crippen molar-refractivity contribution < 1.29 is 0 Å². The molecular weight excluding hydrogens is 206 g/mol. The van der Waals surface area contributed by atoms with Gasteiger partial charge in [-0.1, -0.05) is 23.7 Å². The molecule has 0 aromatic heterocycles. The number of hydrogen-bond donors (Lipinski definition) is 1. The lowest BCUT2D eigenvalue weighted by Crippen LogP contribution is -2.37. The van der Waals surface area contributed by atoms with Crippen molar-refractivity contribution in [1.82, 2.24) is 5.32 Å². The minimum absolute atomic E-state index is 0.724. The lowest BCUT2D eigenvalue weighted by Gasteiger charge is -2.29. The van der Waals surface area contributed by atoms with Gasteiger partial charge in [0.1, 0.15) is 0 Å². The first kappa shape index (κ1) is 9.68. The van der Waals surface area contributed by atoms with Gasteiger partial charge < -0.3 is 5.32 Å². The molecule has 0 aliphatic carbocycles. The van der Waals surface area contributed by atoms with Crippen LogP contribution in [-0.4, -0.2) is 12.1 Å². The highest BCUT2D eigenvalue weighted by Crippen LogP contribution is 2.37. The number of piperidine rings is 1. The van der Waals surface area contributed by atoms with Crippen LogP contribution in [-0.2, 0) is 0 Å². The Hall–Kier alpha value is -0.530. The van der Waals surface area contributed by atoms with Gasteiger partial charge in [0.2, 0.25) is 0 Å². The van der Waals surface area contributed by atoms with Gasteiger partial charge in [-0.05, 0) is 49.3 Å². The molecule has 2 aliphatic heterocycles. The van der Waals surface area contributed by atoms with Gasteiger partial charge in [0.15, 0.2) is 0 Å². The lowest BCUT2D eigenvalue weighted by atomic mass is 9.86. The lowest BCUT2D eigenvalue weighted by molar-refractivity contribution is 0.363. The van der Waals surface area contributed by atoms with E-state index < -0.39 is 0 Å². The van der Waals surface area contributed by atoms with Crippen LogP contribution < -0.4 is 5.32 Å². The topological polar surface area (TPSA) is 12.0 Å². The molecule has 2 atom stereocenters. The van der Waals surface area contributed by atoms with Gasteiger partial charge in [0.25, 0.3) is 0 Å². The molecule has 0 saturated carbocycles. The molecule has 15 heavy (non-hydrogen) atoms. The van der Waals surface area contributed by atoms with Gasteiger partial charge in [0, 0.05) is 17.1 Å². The Labute approximate surface area is 95.8 Å². The summed E-state index contributed by atoms with van der Waals surface area (Å²) in [5, 5.41) is 4.55. The van der Waals surface area contributed by atoms with Crippen LogP contribution in [0, 0.1) is 0 Å². The number of halogens is 1. The van der Waals surface area contributed by atoms with E-state index in [1.807, 2.05) is 6.07 Å². The zero-order valence-corrected chi connectivity index (χ0v) is 9.50. The fourth-order valence-electron chi connectivity index (χ4n) is 3.09. The maximum atomic E-state index is 6.04. The summed E-state index contributed by atoms with van der Waals surface area (Å²) in [5.74, 6) is 0.724. The standard InChI is InChI=1S/C13H16ClN/c14-11-3-1-2-9(6-11)10-7-12-4-5-13(8-10)15-12/h1-3,6,10,12-13,15H,4-5,7-8H2. The van der Waals surface area contributed by atoms with E-state index in [-0.39, 0.29) is 0 Å². The maximum absolute atomic E-state index is 6.04. The summed E-state index contributed by atoms with van der Waals surface area (Å²) in [7, 11) is 0. The van der Waals surface area contributed by atoms with Gasteiger partial charge in [-0.15, -0.1) is 0 Å². The smallest absolute Gasteiger partial charge is 0.0408 e. The highest BCUT2D eigenvalue weighted by Gasteiger charge is 2.33. The molecule has 1 aromatic carbocycles. The molecule has 2 unspecified atom stereocenters. The highest BCUT2D eigenvalue weighted by molar-refractivity contribution is 6.30. The van der Waals surface area contributed by atoms with Crippen molar-refractivity contribution in [2.45, 2.75) is 43.7 Å². The Bertz CT molecular complexity index is 351. The molecular formula is C13H16ClN. The average molecular weight is 222 g/mol. The molecule has 2 saturated heterocycles. The summed E-state index contributed by atoms with van der Waals surface area (Å²) in [6.45, 7) is 0. The van der Waals surface area contributed by atoms with Gasteiger partial charge >= 0.3 is 0 Å². The third-order valence-corrected chi connectivity index (χ3v) is 4.03. The predicted octanol–water partition coefficient (Wildman–Crippen LogP) is 3.34. The molecule has 1 N–H and O–H groups in total. The van der Waals surface area contributed by atoms with Gasteiger partial charge in [0.05, 0.1) is 0 Å². The number of nitrogens with one attached hydrogen (secondary N) is 1. The molecule has 2 aliphatic rings. The van der Waals surface area contributed by atoms with Crippen molar-refractivity contribution in [1.29, 1.82) is 0 Å². The van der Waals surface area contributed by atoms with Crippen molar-refractivity contribution >= 4 is 11.6 Å². The summed E-state index contributed by atoms with van der Waals surface area (Å²) in [4.78, 5) is 0. The van der Waals surface area contributed by atoms with Gasteiger partial charge in [-0.25, -0.2) is 0 Å². The highest BCUT2D eigenvalue weighted by atomic mass is 35.5. The van der Waals surface area contributed by atoms with Crippen molar-refractivity contribution in [2.75, 3.05) is 0 Å². The van der Waals surface area contributed by atoms with Crippen molar-refractivity contribution in [3.05, 3.63) is 34.9 Å². The molecule has 0 spiro atoms. The van der Waals surface area contributed by atoms with Crippen LogP contribution in [0.2, 0.25) is 5.02 Å². The van der Waals surface area contributed by atoms with E-state index in [4.69, 9.17) is 11.6 Å². The molecule has 1 nitrogen and oxygen atoms in total. The Balaban J connectivity index is 1.83. The van der Waals surface area contributed by atoms with E-state index in [1.165, 1.54) is 31.2 Å². The van der Waals surface area contributed by atoms with E-state index in [9.17, 15) is 0 Å². The molecule has 1 aromatic rings. The summed E-state index contributed by atoms with van der Waals surface area (Å²) < 4.78 is 0. The number of benzene rings is 1. The largest absolute Gasteiger partial charge is 0.311 e. The number of hydrogen-bond acceptors (Lipinski definition) is 1. The van der Waals surface area contributed by atoms with Crippen LogP contribution in [0.3, 0.4) is 0 Å². The van der Waals surface area contributed by atoms with Crippen LogP contribution in [0.1, 0.15) is 37.2 Å². The summed E-state index contributed by atoms with van der Waals surface area (Å²) >= 11 is 6.04. The molecule has 2 heterocycles. The fourth-order valence-corrected chi connectivity index (χ4v) is 3.29. The van der Waals surface area contributed by atoms with Crippen molar-refractivity contribution in [3.63, 3.8) is 0 Å². The van der Waals surface area contributed by atoms with Crippen LogP contribution in [0.4, 0.5) is 0 Å². The second kappa shape index (κ2) is 3.80. The van der Waals surface area contributed by atoms with Crippen LogP contribution in [0.5, 0.6) is 0 Å². The predicted molar refractivity (Wildman–Crippen MR) is 63.4 cm³/mol. The van der Waals surface area contributed by atoms with Crippen LogP contribution in [0.25, 0.3) is 0 Å². The van der Waals surface area contributed by atoms with E-state index >= 15 is 0 Å². The molecule has 3 rings (SSSR count). The third kappa shape index (κ3) is 1.91. The van der Waals surface area contributed by atoms with E-state index in [2.05, 4.69) is 23.5 Å². The summed E-state index contributed by atoms with van der Waals surface area (Å²) in [5.41, 5.74) is 1.43. The van der Waals surface area contributed by atoms with E-state index in [0.29, 0.717) is 0 Å². The van der Waals surface area contributed by atoms with Gasteiger partial charge in [-0.2, -0.15) is 0 Å². The Kier molecular flexibility index (Phi) is 2.45. The third-order valence-electron chi connectivity index (χ3n) is 3.79. The first-order valence-electron chi connectivity index (χ1n) is 5.83. The van der Waals surface area contributed by atoms with Crippen molar-refractivity contribution in [3.8, 4) is 0 Å². The maximum Gasteiger partial charge on any atom is 0.0408 e. The van der Waals surface area contributed by atoms with Crippen molar-refractivity contribution in [2.24, 2.45) is 0 Å². The van der Waals surface area contributed by atoms with Crippen LogP contribution >= 0.6 is 11.6 Å². The molecule has 80 valence electrons. The summed E-state index contributed by atoms with van der Waals surface area (Å²) in [6, 6.07) is 9.90. The molecule has 2 bridgehead atoms. The Morgan fingerprint density at radius 1 is 1.13 bits per heavy atom. The fraction of sp³-hybridized carbons (Fsp3) is 0.538. The normalized spacial score (nSPS) is 34.3. The first-order valence-corrected chi connectivity index (χ1v) is 6.20. The first-order chi connectivity index (χ1) is 7.31. The molecule has 0 amide bonds. The monoisotopic (exact) mass is 221 g/mol. The molecule has 2 heteroatoms. The minimum Gasteiger partial charge on any atom is -0.311 e. The minimum atomic E-state index is 0.724. The average Bonchev–Trinajstić information content (AvgIpc) is 2.58. The second-order valence-corrected chi connectivity index (χ2v) is 5.30. The van der Waals surface area contributed by atoms with Crippen LogP contribution in [0.15, 0.2) is 24.3 Å². The van der Waals surface area contributed by atoms with Gasteiger partial charge in [-0.3, -0.25) is 0 Å². The summed E-state index contributed by atoms with van der Waals surface area (Å²) in [6.07, 6.45) is 5.30. The number of rotatable bonds is 1. The molecule has 2 fully saturated rings. The van der Waals surface area contributed by atoms with E-state index in [0.717, 1.165) is 23.0 Å². The SMILES string of the molecule is Clc1cccc(C2CC3CCC(C2)N3)c1. The van der Waals surface area contributed by atoms with E-state index in [1.54, 1.807) is 0 Å².